The SMILES string of the molecule is Cc1ccc(F)c(-c2ocnc2C(=O)O)c1. The fraction of sp³-hybridized carbons (Fsp3) is 0.0909. The first-order valence-electron chi connectivity index (χ1n) is 4.53. The van der Waals surface area contributed by atoms with Crippen molar-refractivity contribution in [3.8, 4) is 11.3 Å². The van der Waals surface area contributed by atoms with Crippen LogP contribution in [0.5, 0.6) is 0 Å². The highest BCUT2D eigenvalue weighted by molar-refractivity contribution is 5.92. The summed E-state index contributed by atoms with van der Waals surface area (Å²) < 4.78 is 18.4. The van der Waals surface area contributed by atoms with Gasteiger partial charge in [0.25, 0.3) is 0 Å². The van der Waals surface area contributed by atoms with Gasteiger partial charge >= 0.3 is 5.97 Å². The number of carbonyl (C=O) groups is 1. The predicted octanol–water partition coefficient (Wildman–Crippen LogP) is 2.49. The molecule has 0 aliphatic heterocycles. The third kappa shape index (κ3) is 1.67. The molecular weight excluding hydrogens is 213 g/mol. The Bertz CT molecular complexity index is 548. The van der Waals surface area contributed by atoms with Crippen LogP contribution in [-0.4, -0.2) is 16.1 Å². The lowest BCUT2D eigenvalue weighted by atomic mass is 10.1. The Morgan fingerprint density at radius 1 is 1.50 bits per heavy atom. The van der Waals surface area contributed by atoms with Crippen molar-refractivity contribution in [1.82, 2.24) is 4.98 Å². The minimum atomic E-state index is -1.25. The number of hydrogen-bond acceptors (Lipinski definition) is 3. The Hall–Kier alpha value is -2.17. The average molecular weight is 221 g/mol. The first-order valence-corrected chi connectivity index (χ1v) is 4.53. The van der Waals surface area contributed by atoms with Crippen molar-refractivity contribution < 1.29 is 18.7 Å². The number of hydrogen-bond donors (Lipinski definition) is 1. The van der Waals surface area contributed by atoms with Gasteiger partial charge in [0.1, 0.15) is 5.82 Å². The lowest BCUT2D eigenvalue weighted by Gasteiger charge is -2.01. The number of benzene rings is 1. The van der Waals surface area contributed by atoms with Gasteiger partial charge in [-0.1, -0.05) is 11.6 Å². The van der Waals surface area contributed by atoms with Crippen molar-refractivity contribution in [3.05, 3.63) is 41.7 Å². The molecule has 16 heavy (non-hydrogen) atoms. The van der Waals surface area contributed by atoms with Crippen LogP contribution in [0.3, 0.4) is 0 Å². The molecule has 5 heteroatoms. The highest BCUT2D eigenvalue weighted by Gasteiger charge is 2.19. The normalized spacial score (nSPS) is 10.4. The summed E-state index contributed by atoms with van der Waals surface area (Å²) in [6, 6.07) is 4.37. The summed E-state index contributed by atoms with van der Waals surface area (Å²) in [5, 5.41) is 8.83. The highest BCUT2D eigenvalue weighted by atomic mass is 19.1. The number of oxazole rings is 1. The molecule has 0 unspecified atom stereocenters. The monoisotopic (exact) mass is 221 g/mol. The maximum absolute atomic E-state index is 13.5. The van der Waals surface area contributed by atoms with Crippen LogP contribution in [0.4, 0.5) is 4.39 Å². The van der Waals surface area contributed by atoms with E-state index in [0.29, 0.717) is 0 Å². The molecule has 0 bridgehead atoms. The molecule has 0 spiro atoms. The fourth-order valence-electron chi connectivity index (χ4n) is 1.40. The third-order valence-corrected chi connectivity index (χ3v) is 2.14. The molecule has 0 saturated heterocycles. The second-order valence-electron chi connectivity index (χ2n) is 3.32. The molecule has 0 aliphatic carbocycles. The Labute approximate surface area is 90.4 Å². The molecule has 82 valence electrons. The molecule has 1 aromatic carbocycles. The van der Waals surface area contributed by atoms with Crippen molar-refractivity contribution in [1.29, 1.82) is 0 Å². The van der Waals surface area contributed by atoms with Crippen molar-refractivity contribution in [3.63, 3.8) is 0 Å². The molecule has 0 fully saturated rings. The number of carboxylic acid groups (broad SMARTS) is 1. The Morgan fingerprint density at radius 2 is 2.25 bits per heavy atom. The van der Waals surface area contributed by atoms with E-state index in [9.17, 15) is 9.18 Å². The maximum Gasteiger partial charge on any atom is 0.358 e. The van der Waals surface area contributed by atoms with Crippen molar-refractivity contribution in [2.75, 3.05) is 0 Å². The molecule has 2 aromatic rings. The van der Waals surface area contributed by atoms with E-state index < -0.39 is 11.8 Å². The van der Waals surface area contributed by atoms with Gasteiger partial charge in [0, 0.05) is 0 Å². The molecule has 0 atom stereocenters. The van der Waals surface area contributed by atoms with Gasteiger partial charge in [0.15, 0.2) is 17.8 Å². The Kier molecular flexibility index (Phi) is 2.44. The summed E-state index contributed by atoms with van der Waals surface area (Å²) in [7, 11) is 0. The van der Waals surface area contributed by atoms with Crippen molar-refractivity contribution >= 4 is 5.97 Å². The van der Waals surface area contributed by atoms with Crippen molar-refractivity contribution in [2.24, 2.45) is 0 Å². The number of nitrogens with zero attached hydrogens (tertiary/aromatic N) is 1. The van der Waals surface area contributed by atoms with E-state index in [4.69, 9.17) is 9.52 Å². The largest absolute Gasteiger partial charge is 0.476 e. The quantitative estimate of drug-likeness (QED) is 0.846. The maximum atomic E-state index is 13.5. The smallest absolute Gasteiger partial charge is 0.358 e. The number of halogens is 1. The zero-order valence-corrected chi connectivity index (χ0v) is 8.40. The highest BCUT2D eigenvalue weighted by Crippen LogP contribution is 2.26. The number of aryl methyl sites for hydroxylation is 1. The minimum absolute atomic E-state index is 0.0614. The Balaban J connectivity index is 2.62. The third-order valence-electron chi connectivity index (χ3n) is 2.14. The number of aromatic nitrogens is 1. The molecular formula is C11H8FNO3. The summed E-state index contributed by atoms with van der Waals surface area (Å²) in [5.41, 5.74) is 0.628. The van der Waals surface area contributed by atoms with Crippen LogP contribution in [0.2, 0.25) is 0 Å². The summed E-state index contributed by atoms with van der Waals surface area (Å²) >= 11 is 0. The predicted molar refractivity (Wildman–Crippen MR) is 53.6 cm³/mol. The summed E-state index contributed by atoms with van der Waals surface area (Å²) in [5.74, 6) is -1.84. The van der Waals surface area contributed by atoms with E-state index in [0.717, 1.165) is 12.0 Å². The first-order chi connectivity index (χ1) is 7.59. The molecule has 2 rings (SSSR count). The molecule has 0 amide bonds. The van der Waals surface area contributed by atoms with E-state index in [1.165, 1.54) is 12.1 Å². The molecule has 0 aliphatic rings. The lowest BCUT2D eigenvalue weighted by Crippen LogP contribution is -1.99. The second-order valence-corrected chi connectivity index (χ2v) is 3.32. The van der Waals surface area contributed by atoms with E-state index in [2.05, 4.69) is 4.98 Å². The zero-order valence-electron chi connectivity index (χ0n) is 8.40. The van der Waals surface area contributed by atoms with Crippen LogP contribution in [0.25, 0.3) is 11.3 Å². The number of rotatable bonds is 2. The van der Waals surface area contributed by atoms with E-state index >= 15 is 0 Å². The zero-order chi connectivity index (χ0) is 11.7. The van der Waals surface area contributed by atoms with Crippen LogP contribution >= 0.6 is 0 Å². The standard InChI is InChI=1S/C11H8FNO3/c1-6-2-3-8(12)7(4-6)10-9(11(14)15)13-5-16-10/h2-5H,1H3,(H,14,15). The fourth-order valence-corrected chi connectivity index (χ4v) is 1.40. The number of aromatic carboxylic acids is 1. The van der Waals surface area contributed by atoms with Gasteiger partial charge in [-0.05, 0) is 19.1 Å². The van der Waals surface area contributed by atoms with Crippen LogP contribution in [-0.2, 0) is 0 Å². The number of carboxylic acids is 1. The van der Waals surface area contributed by atoms with E-state index in [1.807, 2.05) is 0 Å². The molecule has 0 radical (unpaired) electrons. The summed E-state index contributed by atoms with van der Waals surface area (Å²) in [6.07, 6.45) is 0.987. The molecule has 1 aromatic heterocycles. The van der Waals surface area contributed by atoms with Crippen LogP contribution in [0, 0.1) is 12.7 Å². The van der Waals surface area contributed by atoms with Crippen molar-refractivity contribution in [2.45, 2.75) is 6.92 Å². The molecule has 0 saturated carbocycles. The van der Waals surface area contributed by atoms with Crippen LogP contribution in [0.15, 0.2) is 29.0 Å². The summed E-state index contributed by atoms with van der Waals surface area (Å²) in [4.78, 5) is 14.3. The molecule has 4 nitrogen and oxygen atoms in total. The van der Waals surface area contributed by atoms with Crippen LogP contribution in [0.1, 0.15) is 16.1 Å². The summed E-state index contributed by atoms with van der Waals surface area (Å²) in [6.45, 7) is 1.78. The Morgan fingerprint density at radius 3 is 2.94 bits per heavy atom. The van der Waals surface area contributed by atoms with E-state index in [1.54, 1.807) is 13.0 Å². The van der Waals surface area contributed by atoms with Gasteiger partial charge in [-0.15, -0.1) is 0 Å². The average Bonchev–Trinajstić information content (AvgIpc) is 2.70. The van der Waals surface area contributed by atoms with Crippen LogP contribution < -0.4 is 0 Å². The lowest BCUT2D eigenvalue weighted by molar-refractivity contribution is 0.0691. The second kappa shape index (κ2) is 3.77. The minimum Gasteiger partial charge on any atom is -0.476 e. The molecule has 1 heterocycles. The van der Waals surface area contributed by atoms with Gasteiger partial charge in [0.05, 0.1) is 5.56 Å². The van der Waals surface area contributed by atoms with Gasteiger partial charge in [-0.25, -0.2) is 14.2 Å². The molecule has 1 N–H and O–H groups in total. The first kappa shape index (κ1) is 10.4. The topological polar surface area (TPSA) is 63.3 Å². The van der Waals surface area contributed by atoms with E-state index in [-0.39, 0.29) is 17.0 Å². The van der Waals surface area contributed by atoms with Gasteiger partial charge < -0.3 is 9.52 Å². The van der Waals surface area contributed by atoms with Gasteiger partial charge in [-0.3, -0.25) is 0 Å². The van der Waals surface area contributed by atoms with Gasteiger partial charge in [-0.2, -0.15) is 0 Å². The van der Waals surface area contributed by atoms with Gasteiger partial charge in [0.2, 0.25) is 0 Å².